The van der Waals surface area contributed by atoms with E-state index in [1.165, 1.54) is 18.2 Å². The molecule has 0 aliphatic rings. The van der Waals surface area contributed by atoms with Crippen LogP contribution in [-0.2, 0) is 9.84 Å². The summed E-state index contributed by atoms with van der Waals surface area (Å²) in [6, 6.07) is 10.5. The molecule has 0 atom stereocenters. The summed E-state index contributed by atoms with van der Waals surface area (Å²) in [7, 11) is -4.01. The van der Waals surface area contributed by atoms with Gasteiger partial charge in [0, 0.05) is 0 Å². The fraction of sp³-hybridized carbons (Fsp3) is 0.0625. The van der Waals surface area contributed by atoms with E-state index in [0.29, 0.717) is 0 Å². The van der Waals surface area contributed by atoms with Gasteiger partial charge in [0.15, 0.2) is 11.6 Å². The Morgan fingerprint density at radius 1 is 1.09 bits per heavy atom. The van der Waals surface area contributed by atoms with Crippen LogP contribution in [0.2, 0.25) is 0 Å². The number of hydrogen-bond acceptors (Lipinski definition) is 3. The summed E-state index contributed by atoms with van der Waals surface area (Å²) in [6.45, 7) is 1.80. The fourth-order valence-corrected chi connectivity index (χ4v) is 2.93. The van der Waals surface area contributed by atoms with Crippen molar-refractivity contribution in [2.45, 2.75) is 11.8 Å². The molecule has 22 heavy (non-hydrogen) atoms. The van der Waals surface area contributed by atoms with Gasteiger partial charge < -0.3 is 0 Å². The van der Waals surface area contributed by atoms with E-state index in [0.717, 1.165) is 23.8 Å². The zero-order chi connectivity index (χ0) is 16.3. The Kier molecular flexibility index (Phi) is 4.38. The van der Waals surface area contributed by atoms with Gasteiger partial charge in [-0.15, -0.1) is 0 Å². The van der Waals surface area contributed by atoms with Crippen LogP contribution in [0.4, 0.5) is 8.78 Å². The van der Waals surface area contributed by atoms with E-state index in [1.54, 1.807) is 25.1 Å². The molecule has 0 radical (unpaired) electrons. The summed E-state index contributed by atoms with van der Waals surface area (Å²) in [5.74, 6) is -2.16. The van der Waals surface area contributed by atoms with Crippen LogP contribution >= 0.6 is 0 Å². The van der Waals surface area contributed by atoms with Crippen molar-refractivity contribution >= 4 is 15.9 Å². The summed E-state index contributed by atoms with van der Waals surface area (Å²) < 4.78 is 50.8. The minimum atomic E-state index is -4.01. The molecule has 112 valence electrons. The molecule has 0 saturated heterocycles. The average Bonchev–Trinajstić information content (AvgIpc) is 2.48. The van der Waals surface area contributed by atoms with Gasteiger partial charge in [-0.1, -0.05) is 23.8 Å². The van der Waals surface area contributed by atoms with Gasteiger partial charge in [0.25, 0.3) is 0 Å². The second-order valence-corrected chi connectivity index (χ2v) is 6.53. The predicted octanol–water partition coefficient (Wildman–Crippen LogP) is 3.61. The van der Waals surface area contributed by atoms with E-state index < -0.39 is 26.4 Å². The summed E-state index contributed by atoms with van der Waals surface area (Å²) in [5, 5.41) is 9.10. The van der Waals surface area contributed by atoms with Gasteiger partial charge in [0.1, 0.15) is 11.0 Å². The van der Waals surface area contributed by atoms with Gasteiger partial charge in [0.2, 0.25) is 9.84 Å². The van der Waals surface area contributed by atoms with Crippen molar-refractivity contribution in [2.24, 2.45) is 0 Å². The number of hydrogen-bond donors (Lipinski definition) is 0. The van der Waals surface area contributed by atoms with E-state index >= 15 is 0 Å². The van der Waals surface area contributed by atoms with Crippen molar-refractivity contribution < 1.29 is 17.2 Å². The Morgan fingerprint density at radius 3 is 2.27 bits per heavy atom. The van der Waals surface area contributed by atoms with E-state index in [-0.39, 0.29) is 10.5 Å². The lowest BCUT2D eigenvalue weighted by molar-refractivity contribution is 0.508. The molecule has 6 heteroatoms. The molecule has 0 unspecified atom stereocenters. The fourth-order valence-electron chi connectivity index (χ4n) is 1.77. The third-order valence-corrected chi connectivity index (χ3v) is 4.65. The highest BCUT2D eigenvalue weighted by molar-refractivity contribution is 7.95. The van der Waals surface area contributed by atoms with Crippen LogP contribution in [0.1, 0.15) is 11.1 Å². The second kappa shape index (κ2) is 6.08. The molecule has 2 aromatic carbocycles. The molecular weight excluding hydrogens is 308 g/mol. The highest BCUT2D eigenvalue weighted by atomic mass is 32.2. The van der Waals surface area contributed by atoms with Crippen molar-refractivity contribution in [2.75, 3.05) is 0 Å². The first kappa shape index (κ1) is 15.9. The van der Waals surface area contributed by atoms with Crippen LogP contribution in [0.3, 0.4) is 0 Å². The zero-order valence-corrected chi connectivity index (χ0v) is 12.4. The maximum absolute atomic E-state index is 13.2. The lowest BCUT2D eigenvalue weighted by Crippen LogP contribution is -2.03. The van der Waals surface area contributed by atoms with Gasteiger partial charge in [0.05, 0.1) is 4.90 Å². The van der Waals surface area contributed by atoms with Crippen molar-refractivity contribution in [1.82, 2.24) is 0 Å². The Hall–Kier alpha value is -2.52. The van der Waals surface area contributed by atoms with Crippen LogP contribution < -0.4 is 0 Å². The average molecular weight is 319 g/mol. The van der Waals surface area contributed by atoms with Crippen LogP contribution in [0, 0.1) is 29.9 Å². The maximum Gasteiger partial charge on any atom is 0.216 e. The largest absolute Gasteiger partial charge is 0.218 e. The molecule has 2 rings (SSSR count). The molecule has 0 aliphatic carbocycles. The number of nitrogens with zero attached hydrogens (tertiary/aromatic N) is 1. The molecule has 0 spiro atoms. The van der Waals surface area contributed by atoms with E-state index in [4.69, 9.17) is 5.26 Å². The summed E-state index contributed by atoms with van der Waals surface area (Å²) in [6.07, 6.45) is 1.01. The quantitative estimate of drug-likeness (QED) is 0.812. The van der Waals surface area contributed by atoms with Gasteiger partial charge in [-0.05, 0) is 42.8 Å². The molecule has 0 fully saturated rings. The second-order valence-electron chi connectivity index (χ2n) is 4.61. The maximum atomic E-state index is 13.2. The summed E-state index contributed by atoms with van der Waals surface area (Å²) >= 11 is 0. The smallest absolute Gasteiger partial charge is 0.216 e. The molecule has 0 aliphatic heterocycles. The number of rotatable bonds is 3. The lowest BCUT2D eigenvalue weighted by Gasteiger charge is -2.04. The van der Waals surface area contributed by atoms with Crippen molar-refractivity contribution in [3.8, 4) is 6.07 Å². The predicted molar refractivity (Wildman–Crippen MR) is 78.3 cm³/mol. The van der Waals surface area contributed by atoms with Crippen molar-refractivity contribution in [1.29, 1.82) is 5.26 Å². The number of benzene rings is 2. The number of halogens is 2. The summed E-state index contributed by atoms with van der Waals surface area (Å²) in [4.78, 5) is -0.573. The highest BCUT2D eigenvalue weighted by Gasteiger charge is 2.20. The Labute approximate surface area is 127 Å². The molecule has 0 aromatic heterocycles. The molecule has 2 aromatic rings. The third kappa shape index (κ3) is 3.21. The molecule has 0 N–H and O–H groups in total. The SMILES string of the molecule is Cc1ccc(S(=O)(=O)/C(C#N)=C/c2ccc(F)c(F)c2)cc1. The highest BCUT2D eigenvalue weighted by Crippen LogP contribution is 2.22. The van der Waals surface area contributed by atoms with E-state index in [9.17, 15) is 17.2 Å². The Morgan fingerprint density at radius 2 is 1.73 bits per heavy atom. The normalized spacial score (nSPS) is 12.0. The van der Waals surface area contributed by atoms with Crippen molar-refractivity contribution in [3.05, 3.63) is 70.1 Å². The number of sulfone groups is 1. The monoisotopic (exact) mass is 319 g/mol. The molecule has 3 nitrogen and oxygen atoms in total. The van der Waals surface area contributed by atoms with E-state index in [2.05, 4.69) is 0 Å². The first-order valence-corrected chi connectivity index (χ1v) is 7.71. The van der Waals surface area contributed by atoms with E-state index in [1.807, 2.05) is 0 Å². The van der Waals surface area contributed by atoms with Gasteiger partial charge in [-0.25, -0.2) is 17.2 Å². The molecule has 0 heterocycles. The molecule has 0 bridgehead atoms. The number of nitriles is 1. The standard InChI is InChI=1S/C16H11F2NO2S/c1-11-2-5-13(6-3-11)22(20,21)14(10-19)8-12-4-7-15(17)16(18)9-12/h2-9H,1H3/b14-8+. The van der Waals surface area contributed by atoms with Crippen LogP contribution in [0.15, 0.2) is 52.3 Å². The topological polar surface area (TPSA) is 57.9 Å². The first-order valence-electron chi connectivity index (χ1n) is 6.23. The van der Waals surface area contributed by atoms with Crippen LogP contribution in [-0.4, -0.2) is 8.42 Å². The zero-order valence-electron chi connectivity index (χ0n) is 11.5. The molecular formula is C16H11F2NO2S. The third-order valence-electron chi connectivity index (χ3n) is 2.97. The molecule has 0 saturated carbocycles. The summed E-state index contributed by atoms with van der Waals surface area (Å²) in [5.41, 5.74) is 0.966. The number of allylic oxidation sites excluding steroid dienone is 1. The minimum Gasteiger partial charge on any atom is -0.218 e. The van der Waals surface area contributed by atoms with Crippen LogP contribution in [0.25, 0.3) is 6.08 Å². The minimum absolute atomic E-state index is 0.0338. The Bertz CT molecular complexity index is 879. The van der Waals surface area contributed by atoms with Crippen molar-refractivity contribution in [3.63, 3.8) is 0 Å². The molecule has 0 amide bonds. The van der Waals surface area contributed by atoms with Gasteiger partial charge in [-0.3, -0.25) is 0 Å². The van der Waals surface area contributed by atoms with Gasteiger partial charge >= 0.3 is 0 Å². The first-order chi connectivity index (χ1) is 10.3. The number of aryl methyl sites for hydroxylation is 1. The van der Waals surface area contributed by atoms with Crippen LogP contribution in [0.5, 0.6) is 0 Å². The van der Waals surface area contributed by atoms with Gasteiger partial charge in [-0.2, -0.15) is 5.26 Å². The Balaban J connectivity index is 2.51. The lowest BCUT2D eigenvalue weighted by atomic mass is 10.2.